The van der Waals surface area contributed by atoms with Crippen LogP contribution in [0.5, 0.6) is 0 Å². The Hall–Kier alpha value is -1.59. The van der Waals surface area contributed by atoms with Crippen LogP contribution in [0.3, 0.4) is 0 Å². The summed E-state index contributed by atoms with van der Waals surface area (Å²) in [5.41, 5.74) is 0. The van der Waals surface area contributed by atoms with Crippen LogP contribution >= 0.6 is 0 Å². The molecule has 0 aromatic carbocycles. The predicted octanol–water partition coefficient (Wildman–Crippen LogP) is 8.50. The molecule has 1 amide bonds. The third kappa shape index (κ3) is 26.8. The molecule has 0 bridgehead atoms. The van der Waals surface area contributed by atoms with Gasteiger partial charge in [-0.05, 0) is 38.5 Å². The first-order chi connectivity index (χ1) is 25.8. The van der Waals surface area contributed by atoms with E-state index in [0.717, 1.165) is 25.7 Å². The van der Waals surface area contributed by atoms with Crippen molar-refractivity contribution in [3.8, 4) is 0 Å². The molecule has 9 nitrogen and oxygen atoms in total. The van der Waals surface area contributed by atoms with Gasteiger partial charge in [0.1, 0.15) is 24.4 Å². The van der Waals surface area contributed by atoms with E-state index in [0.29, 0.717) is 0 Å². The normalized spacial score (nSPS) is 22.0. The molecule has 1 fully saturated rings. The highest BCUT2D eigenvalue weighted by Crippen LogP contribution is 2.22. The number of ether oxygens (including phenoxy) is 2. The van der Waals surface area contributed by atoms with Crippen molar-refractivity contribution in [2.45, 2.75) is 224 Å². The fraction of sp³-hybridized carbons (Fsp3) is 0.841. The number of amides is 1. The molecule has 0 saturated carbocycles. The molecule has 1 heterocycles. The van der Waals surface area contributed by atoms with Crippen LogP contribution < -0.4 is 5.32 Å². The summed E-state index contributed by atoms with van der Waals surface area (Å²) in [6.07, 6.45) is 38.7. The quantitative estimate of drug-likeness (QED) is 0.0279. The number of rotatable bonds is 35. The smallest absolute Gasteiger partial charge is 0.217 e. The number of hydrogen-bond acceptors (Lipinski definition) is 8. The third-order valence-corrected chi connectivity index (χ3v) is 10.2. The molecule has 6 N–H and O–H groups in total. The molecule has 0 aromatic rings. The van der Waals surface area contributed by atoms with Crippen LogP contribution in [0.4, 0.5) is 0 Å². The second kappa shape index (κ2) is 34.9. The molecule has 7 atom stereocenters. The summed E-state index contributed by atoms with van der Waals surface area (Å²) in [6.45, 7) is 2.81. The minimum absolute atomic E-state index is 0.221. The van der Waals surface area contributed by atoms with E-state index in [2.05, 4.69) is 36.5 Å². The summed E-state index contributed by atoms with van der Waals surface area (Å²) in [7, 11) is 0. The van der Waals surface area contributed by atoms with Gasteiger partial charge < -0.3 is 40.3 Å². The maximum absolute atomic E-state index is 11.7. The number of hydrogen-bond donors (Lipinski definition) is 6. The highest BCUT2D eigenvalue weighted by Gasteiger charge is 2.44. The Morgan fingerprint density at radius 1 is 0.623 bits per heavy atom. The molecule has 0 aromatic heterocycles. The number of carbonyl (C=O) groups is 1. The SMILES string of the molecule is CCCCCCCCCCCCCCCCCCCCCCC/C=C/CC/C=C/CC/C=C/C(O)C(COC1OC(CO)C(O)C(O)C1O)NC(C)=O. The molecular formula is C44H81NO8. The van der Waals surface area contributed by atoms with E-state index in [1.165, 1.54) is 148 Å². The van der Waals surface area contributed by atoms with E-state index < -0.39 is 49.5 Å². The molecule has 1 aliphatic rings. The van der Waals surface area contributed by atoms with Gasteiger partial charge in [0.15, 0.2) is 6.29 Å². The highest BCUT2D eigenvalue weighted by atomic mass is 16.7. The van der Waals surface area contributed by atoms with Crippen LogP contribution in [0.15, 0.2) is 36.5 Å². The van der Waals surface area contributed by atoms with E-state index >= 15 is 0 Å². The van der Waals surface area contributed by atoms with Gasteiger partial charge in [-0.25, -0.2) is 0 Å². The zero-order chi connectivity index (χ0) is 38.8. The number of allylic oxidation sites excluding steroid dienone is 5. The van der Waals surface area contributed by atoms with E-state index in [9.17, 15) is 30.3 Å². The van der Waals surface area contributed by atoms with Crippen LogP contribution in [0, 0.1) is 0 Å². The van der Waals surface area contributed by atoms with Crippen molar-refractivity contribution in [1.29, 1.82) is 0 Å². The number of aliphatic hydroxyl groups excluding tert-OH is 5. The number of carbonyl (C=O) groups excluding carboxylic acids is 1. The lowest BCUT2D eigenvalue weighted by molar-refractivity contribution is -0.302. The van der Waals surface area contributed by atoms with Gasteiger partial charge in [0.05, 0.1) is 25.4 Å². The Labute approximate surface area is 323 Å². The van der Waals surface area contributed by atoms with Crippen LogP contribution in [0.25, 0.3) is 0 Å². The van der Waals surface area contributed by atoms with Crippen molar-refractivity contribution in [2.75, 3.05) is 13.2 Å². The first kappa shape index (κ1) is 49.4. The summed E-state index contributed by atoms with van der Waals surface area (Å²) < 4.78 is 10.9. The standard InChI is InChI=1S/C44H81NO8/c1-3-4-5-6-7-8-9-10-11-12-13-14-15-16-17-18-19-20-21-22-23-24-25-26-27-28-29-30-31-32-33-34-39(48)38(45-37(2)47)36-52-44-43(51)42(50)41(49)40(35-46)53-44/h25-26,29-30,33-34,38-44,46,48-51H,3-24,27-28,31-32,35-36H2,1-2H3,(H,45,47)/b26-25+,30-29+,34-33+. The van der Waals surface area contributed by atoms with Crippen molar-refractivity contribution < 1.29 is 39.8 Å². The molecule has 9 heteroatoms. The number of nitrogens with one attached hydrogen (secondary N) is 1. The van der Waals surface area contributed by atoms with E-state index in [4.69, 9.17) is 9.47 Å². The van der Waals surface area contributed by atoms with Gasteiger partial charge in [0.2, 0.25) is 5.91 Å². The van der Waals surface area contributed by atoms with Crippen molar-refractivity contribution in [3.05, 3.63) is 36.5 Å². The summed E-state index contributed by atoms with van der Waals surface area (Å²) in [4.78, 5) is 11.7. The Balaban J connectivity index is 1.97. The van der Waals surface area contributed by atoms with Crippen LogP contribution in [0.1, 0.15) is 181 Å². The van der Waals surface area contributed by atoms with Gasteiger partial charge in [-0.15, -0.1) is 0 Å². The van der Waals surface area contributed by atoms with Gasteiger partial charge in [0.25, 0.3) is 0 Å². The zero-order valence-electron chi connectivity index (χ0n) is 33.8. The lowest BCUT2D eigenvalue weighted by atomic mass is 9.99. The molecule has 1 rings (SSSR count). The average molecular weight is 752 g/mol. The molecular weight excluding hydrogens is 670 g/mol. The summed E-state index contributed by atoms with van der Waals surface area (Å²) in [5, 5.41) is 52.6. The summed E-state index contributed by atoms with van der Waals surface area (Å²) in [6, 6.07) is -0.827. The Bertz CT molecular complexity index is 925. The van der Waals surface area contributed by atoms with Crippen molar-refractivity contribution in [3.63, 3.8) is 0 Å². The first-order valence-electron chi connectivity index (χ1n) is 21.7. The largest absolute Gasteiger partial charge is 0.394 e. The third-order valence-electron chi connectivity index (χ3n) is 10.2. The molecule has 310 valence electrons. The van der Waals surface area contributed by atoms with Gasteiger partial charge in [-0.1, -0.05) is 172 Å². The van der Waals surface area contributed by atoms with Crippen molar-refractivity contribution in [2.24, 2.45) is 0 Å². The van der Waals surface area contributed by atoms with Crippen LogP contribution in [-0.4, -0.2) is 87.5 Å². The van der Waals surface area contributed by atoms with Crippen LogP contribution in [0.2, 0.25) is 0 Å². The molecule has 1 aliphatic heterocycles. The second-order valence-electron chi connectivity index (χ2n) is 15.2. The lowest BCUT2D eigenvalue weighted by Gasteiger charge is -2.40. The van der Waals surface area contributed by atoms with Gasteiger partial charge in [-0.2, -0.15) is 0 Å². The summed E-state index contributed by atoms with van der Waals surface area (Å²) in [5.74, 6) is -0.368. The fourth-order valence-corrected chi connectivity index (χ4v) is 6.81. The zero-order valence-corrected chi connectivity index (χ0v) is 33.8. The monoisotopic (exact) mass is 752 g/mol. The molecule has 0 radical (unpaired) electrons. The number of aliphatic hydroxyl groups is 5. The van der Waals surface area contributed by atoms with Gasteiger partial charge >= 0.3 is 0 Å². The maximum Gasteiger partial charge on any atom is 0.217 e. The second-order valence-corrected chi connectivity index (χ2v) is 15.2. The molecule has 7 unspecified atom stereocenters. The minimum Gasteiger partial charge on any atom is -0.394 e. The lowest BCUT2D eigenvalue weighted by Crippen LogP contribution is -2.60. The molecule has 1 saturated heterocycles. The Morgan fingerprint density at radius 3 is 1.47 bits per heavy atom. The maximum atomic E-state index is 11.7. The Morgan fingerprint density at radius 2 is 1.04 bits per heavy atom. The topological polar surface area (TPSA) is 149 Å². The number of unbranched alkanes of at least 4 members (excludes halogenated alkanes) is 23. The first-order valence-corrected chi connectivity index (χ1v) is 21.7. The van der Waals surface area contributed by atoms with E-state index in [1.807, 2.05) is 6.08 Å². The van der Waals surface area contributed by atoms with Crippen molar-refractivity contribution >= 4 is 5.91 Å². The molecule has 0 aliphatic carbocycles. The molecule has 53 heavy (non-hydrogen) atoms. The average Bonchev–Trinajstić information content (AvgIpc) is 3.15. The predicted molar refractivity (Wildman–Crippen MR) is 216 cm³/mol. The van der Waals surface area contributed by atoms with E-state index in [1.54, 1.807) is 6.08 Å². The molecule has 0 spiro atoms. The van der Waals surface area contributed by atoms with Crippen LogP contribution in [-0.2, 0) is 14.3 Å². The van der Waals surface area contributed by atoms with Gasteiger partial charge in [-0.3, -0.25) is 4.79 Å². The van der Waals surface area contributed by atoms with Gasteiger partial charge in [0, 0.05) is 6.92 Å². The Kier molecular flexibility index (Phi) is 32.5. The minimum atomic E-state index is -1.57. The van der Waals surface area contributed by atoms with Crippen molar-refractivity contribution in [1.82, 2.24) is 5.32 Å². The van der Waals surface area contributed by atoms with E-state index in [-0.39, 0.29) is 12.5 Å². The fourth-order valence-electron chi connectivity index (χ4n) is 6.81. The summed E-state index contributed by atoms with van der Waals surface area (Å²) >= 11 is 0. The highest BCUT2D eigenvalue weighted by molar-refractivity contribution is 5.73.